The van der Waals surface area contributed by atoms with Gasteiger partial charge in [0, 0.05) is 24.1 Å². The summed E-state index contributed by atoms with van der Waals surface area (Å²) in [5.74, 6) is -0.0478. The average Bonchev–Trinajstić information content (AvgIpc) is 2.35. The molecule has 1 aromatic rings. The third-order valence-electron chi connectivity index (χ3n) is 3.07. The van der Waals surface area contributed by atoms with E-state index in [1.807, 2.05) is 6.07 Å². The van der Waals surface area contributed by atoms with Gasteiger partial charge in [0.05, 0.1) is 20.6 Å². The summed E-state index contributed by atoms with van der Waals surface area (Å²) >= 11 is 0. The minimum Gasteiger partial charge on any atom is -1.00 e. The summed E-state index contributed by atoms with van der Waals surface area (Å²) in [5, 5.41) is 2.87. The third kappa shape index (κ3) is 7.65. The van der Waals surface area contributed by atoms with Crippen molar-refractivity contribution in [3.8, 4) is 0 Å². The van der Waals surface area contributed by atoms with Gasteiger partial charge in [-0.3, -0.25) is 4.79 Å². The number of carbonyl (C=O) groups excluding carboxylic acids is 1. The standard InChI is InChI=1S/C16H24N2O.HI/c1-14(2)16(19)17-11-8-12-18(3,4)13-15-9-6-5-7-10-15;/h5-7,9-10H,1,8,11-13H2,2-4H3;1H. The normalized spacial score (nSPS) is 10.6. The van der Waals surface area contributed by atoms with Crippen LogP contribution in [0.15, 0.2) is 42.5 Å². The van der Waals surface area contributed by atoms with E-state index in [1.165, 1.54) is 5.56 Å². The summed E-state index contributed by atoms with van der Waals surface area (Å²) in [6.07, 6.45) is 0.971. The lowest BCUT2D eigenvalue weighted by molar-refractivity contribution is -0.903. The largest absolute Gasteiger partial charge is 1.00 e. The molecule has 0 saturated carbocycles. The quantitative estimate of drug-likeness (QED) is 0.286. The topological polar surface area (TPSA) is 29.1 Å². The molecule has 0 radical (unpaired) electrons. The molecule has 0 atom stereocenters. The molecule has 3 nitrogen and oxygen atoms in total. The number of benzene rings is 1. The Morgan fingerprint density at radius 1 is 1.25 bits per heavy atom. The van der Waals surface area contributed by atoms with Crippen LogP contribution >= 0.6 is 0 Å². The Hall–Kier alpha value is -0.880. The fourth-order valence-electron chi connectivity index (χ4n) is 2.02. The molecular weight excluding hydrogens is 363 g/mol. The van der Waals surface area contributed by atoms with Crippen LogP contribution in [0.2, 0.25) is 0 Å². The maximum atomic E-state index is 11.3. The van der Waals surface area contributed by atoms with Gasteiger partial charge in [-0.1, -0.05) is 36.9 Å². The monoisotopic (exact) mass is 388 g/mol. The lowest BCUT2D eigenvalue weighted by Gasteiger charge is -2.30. The Balaban J connectivity index is 0.00000361. The number of quaternary nitrogens is 1. The highest BCUT2D eigenvalue weighted by molar-refractivity contribution is 5.91. The first-order valence-corrected chi connectivity index (χ1v) is 6.70. The number of hydrogen-bond donors (Lipinski definition) is 1. The number of hydrogen-bond acceptors (Lipinski definition) is 1. The molecular formula is C16H25IN2O. The second-order valence-electron chi connectivity index (χ2n) is 5.69. The Bertz CT molecular complexity index is 429. The van der Waals surface area contributed by atoms with E-state index in [1.54, 1.807) is 6.92 Å². The number of halogens is 1. The van der Waals surface area contributed by atoms with Crippen LogP contribution in [0, 0.1) is 0 Å². The Labute approximate surface area is 139 Å². The second kappa shape index (κ2) is 9.13. The fraction of sp³-hybridized carbons (Fsp3) is 0.438. The molecule has 1 aromatic carbocycles. The van der Waals surface area contributed by atoms with Gasteiger partial charge in [0.2, 0.25) is 5.91 Å². The van der Waals surface area contributed by atoms with Gasteiger partial charge in [-0.15, -0.1) is 0 Å². The smallest absolute Gasteiger partial charge is 0.246 e. The van der Waals surface area contributed by atoms with Gasteiger partial charge in [-0.25, -0.2) is 0 Å². The van der Waals surface area contributed by atoms with Crippen LogP contribution in [-0.2, 0) is 11.3 Å². The van der Waals surface area contributed by atoms with E-state index in [0.717, 1.165) is 24.0 Å². The van der Waals surface area contributed by atoms with Crippen LogP contribution in [0.1, 0.15) is 18.9 Å². The van der Waals surface area contributed by atoms with E-state index in [0.29, 0.717) is 12.1 Å². The molecule has 20 heavy (non-hydrogen) atoms. The average molecular weight is 388 g/mol. The lowest BCUT2D eigenvalue weighted by Crippen LogP contribution is -3.00. The molecule has 0 aliphatic carbocycles. The van der Waals surface area contributed by atoms with Crippen molar-refractivity contribution in [3.63, 3.8) is 0 Å². The van der Waals surface area contributed by atoms with Crippen molar-refractivity contribution in [2.24, 2.45) is 0 Å². The van der Waals surface area contributed by atoms with Crippen molar-refractivity contribution >= 4 is 5.91 Å². The molecule has 1 rings (SSSR count). The number of rotatable bonds is 7. The van der Waals surface area contributed by atoms with Crippen molar-refractivity contribution in [2.45, 2.75) is 19.9 Å². The molecule has 0 aliphatic rings. The fourth-order valence-corrected chi connectivity index (χ4v) is 2.02. The molecule has 0 fully saturated rings. The molecule has 4 heteroatoms. The first kappa shape index (κ1) is 19.1. The molecule has 0 unspecified atom stereocenters. The molecule has 0 bridgehead atoms. The van der Waals surface area contributed by atoms with E-state index in [-0.39, 0.29) is 29.9 Å². The first-order valence-electron chi connectivity index (χ1n) is 6.70. The molecule has 0 saturated heterocycles. The minimum atomic E-state index is -0.0478. The summed E-state index contributed by atoms with van der Waals surface area (Å²) < 4.78 is 0.924. The van der Waals surface area contributed by atoms with E-state index in [4.69, 9.17) is 0 Å². The van der Waals surface area contributed by atoms with Gasteiger partial charge in [-0.2, -0.15) is 0 Å². The highest BCUT2D eigenvalue weighted by atomic mass is 127. The lowest BCUT2D eigenvalue weighted by atomic mass is 10.2. The predicted octanol–water partition coefficient (Wildman–Crippen LogP) is -0.651. The summed E-state index contributed by atoms with van der Waals surface area (Å²) in [6, 6.07) is 10.5. The number of nitrogens with zero attached hydrogens (tertiary/aromatic N) is 1. The van der Waals surface area contributed by atoms with Gasteiger partial charge < -0.3 is 33.8 Å². The van der Waals surface area contributed by atoms with E-state index in [2.05, 4.69) is 50.3 Å². The maximum absolute atomic E-state index is 11.3. The molecule has 0 spiro atoms. The van der Waals surface area contributed by atoms with Crippen molar-refractivity contribution in [1.82, 2.24) is 5.32 Å². The van der Waals surface area contributed by atoms with Crippen molar-refractivity contribution in [2.75, 3.05) is 27.2 Å². The summed E-state index contributed by atoms with van der Waals surface area (Å²) in [5.41, 5.74) is 1.91. The summed E-state index contributed by atoms with van der Waals surface area (Å²) in [6.45, 7) is 8.10. The molecule has 112 valence electrons. The second-order valence-corrected chi connectivity index (χ2v) is 5.69. The SMILES string of the molecule is C=C(C)C(=O)NCCC[N+](C)(C)Cc1ccccc1.[I-]. The molecule has 1 N–H and O–H groups in total. The van der Waals surface area contributed by atoms with Gasteiger partial charge in [0.25, 0.3) is 0 Å². The van der Waals surface area contributed by atoms with Crippen molar-refractivity contribution in [1.29, 1.82) is 0 Å². The van der Waals surface area contributed by atoms with Crippen LogP contribution in [0.25, 0.3) is 0 Å². The van der Waals surface area contributed by atoms with Crippen LogP contribution in [0.3, 0.4) is 0 Å². The van der Waals surface area contributed by atoms with Crippen LogP contribution in [0.4, 0.5) is 0 Å². The van der Waals surface area contributed by atoms with Crippen LogP contribution < -0.4 is 29.3 Å². The third-order valence-corrected chi connectivity index (χ3v) is 3.07. The molecule has 0 heterocycles. The van der Waals surface area contributed by atoms with Gasteiger partial charge in [0.15, 0.2) is 0 Å². The van der Waals surface area contributed by atoms with Gasteiger partial charge in [0.1, 0.15) is 6.54 Å². The Morgan fingerprint density at radius 2 is 1.85 bits per heavy atom. The number of amides is 1. The van der Waals surface area contributed by atoms with Crippen LogP contribution in [-0.4, -0.2) is 37.6 Å². The highest BCUT2D eigenvalue weighted by Gasteiger charge is 2.15. The zero-order valence-electron chi connectivity index (χ0n) is 12.7. The predicted molar refractivity (Wildman–Crippen MR) is 79.6 cm³/mol. The van der Waals surface area contributed by atoms with Crippen LogP contribution in [0.5, 0.6) is 0 Å². The van der Waals surface area contributed by atoms with Crippen molar-refractivity contribution in [3.05, 3.63) is 48.0 Å². The summed E-state index contributed by atoms with van der Waals surface area (Å²) in [7, 11) is 4.43. The molecule has 1 amide bonds. The first-order chi connectivity index (χ1) is 8.91. The van der Waals surface area contributed by atoms with Gasteiger partial charge >= 0.3 is 0 Å². The maximum Gasteiger partial charge on any atom is 0.246 e. The summed E-state index contributed by atoms with van der Waals surface area (Å²) in [4.78, 5) is 11.3. The Morgan fingerprint density at radius 3 is 2.40 bits per heavy atom. The van der Waals surface area contributed by atoms with E-state index >= 15 is 0 Å². The van der Waals surface area contributed by atoms with Crippen molar-refractivity contribution < 1.29 is 33.3 Å². The van der Waals surface area contributed by atoms with E-state index < -0.39 is 0 Å². The van der Waals surface area contributed by atoms with Gasteiger partial charge in [-0.05, 0) is 6.92 Å². The number of nitrogens with one attached hydrogen (secondary N) is 1. The zero-order chi connectivity index (χ0) is 14.3. The molecule has 0 aliphatic heterocycles. The zero-order valence-corrected chi connectivity index (χ0v) is 14.8. The van der Waals surface area contributed by atoms with E-state index in [9.17, 15) is 4.79 Å². The Kier molecular flexibility index (Phi) is 8.73. The highest BCUT2D eigenvalue weighted by Crippen LogP contribution is 2.09. The molecule has 0 aromatic heterocycles. The minimum absolute atomic E-state index is 0. The number of carbonyl (C=O) groups is 1.